The van der Waals surface area contributed by atoms with Crippen molar-refractivity contribution in [2.45, 2.75) is 6.54 Å². The van der Waals surface area contributed by atoms with E-state index in [1.54, 1.807) is 23.9 Å². The topological polar surface area (TPSA) is 41.5 Å². The average Bonchev–Trinajstić information content (AvgIpc) is 2.28. The average molecular weight is 262 g/mol. The van der Waals surface area contributed by atoms with Crippen LogP contribution < -0.4 is 10.1 Å². The molecule has 0 saturated carbocycles. The molecule has 1 rings (SSSR count). The second-order valence-corrected chi connectivity index (χ2v) is 4.71. The van der Waals surface area contributed by atoms with E-state index in [0.717, 1.165) is 17.9 Å². The number of rotatable bonds is 6. The van der Waals surface area contributed by atoms with E-state index in [1.807, 2.05) is 0 Å². The zero-order valence-electron chi connectivity index (χ0n) is 9.42. The first-order valence-corrected chi connectivity index (χ1v) is 6.71. The molecule has 3 nitrogen and oxygen atoms in total. The molecular formula is C11H16ClNO2S. The van der Waals surface area contributed by atoms with E-state index in [-0.39, 0.29) is 5.75 Å². The third-order valence-corrected chi connectivity index (χ3v) is 2.97. The third-order valence-electron chi connectivity index (χ3n) is 2.14. The number of hydrogen-bond acceptors (Lipinski definition) is 4. The van der Waals surface area contributed by atoms with Gasteiger partial charge in [0.2, 0.25) is 0 Å². The van der Waals surface area contributed by atoms with Crippen molar-refractivity contribution in [2.75, 3.05) is 25.7 Å². The van der Waals surface area contributed by atoms with Crippen molar-refractivity contribution in [3.63, 3.8) is 0 Å². The lowest BCUT2D eigenvalue weighted by Crippen LogP contribution is -2.16. The second kappa shape index (κ2) is 6.89. The van der Waals surface area contributed by atoms with Gasteiger partial charge in [0.25, 0.3) is 0 Å². The van der Waals surface area contributed by atoms with Gasteiger partial charge in [0.1, 0.15) is 0 Å². The molecule has 1 aromatic carbocycles. The molecule has 0 saturated heterocycles. The predicted octanol–water partition coefficient (Wildman–Crippen LogP) is 2.51. The Morgan fingerprint density at radius 1 is 1.50 bits per heavy atom. The number of nitrogens with one attached hydrogen (secondary N) is 1. The Kier molecular flexibility index (Phi) is 5.80. The molecule has 5 heteroatoms. The third kappa shape index (κ3) is 3.77. The molecule has 0 bridgehead atoms. The van der Waals surface area contributed by atoms with Crippen LogP contribution in [0.3, 0.4) is 0 Å². The van der Waals surface area contributed by atoms with Crippen LogP contribution in [0.1, 0.15) is 5.56 Å². The number of ether oxygens (including phenoxy) is 1. The first-order valence-electron chi connectivity index (χ1n) is 4.94. The zero-order chi connectivity index (χ0) is 12.0. The lowest BCUT2D eigenvalue weighted by molar-refractivity contribution is 0.370. The minimum Gasteiger partial charge on any atom is -0.504 e. The van der Waals surface area contributed by atoms with Gasteiger partial charge in [0.15, 0.2) is 11.5 Å². The van der Waals surface area contributed by atoms with Crippen molar-refractivity contribution in [3.8, 4) is 11.5 Å². The van der Waals surface area contributed by atoms with E-state index in [4.69, 9.17) is 16.3 Å². The molecule has 0 atom stereocenters. The fourth-order valence-electron chi connectivity index (χ4n) is 1.32. The Balaban J connectivity index is 2.67. The Hall–Kier alpha value is -0.580. The largest absolute Gasteiger partial charge is 0.504 e. The van der Waals surface area contributed by atoms with Gasteiger partial charge in [-0.2, -0.15) is 11.8 Å². The van der Waals surface area contributed by atoms with Gasteiger partial charge >= 0.3 is 0 Å². The monoisotopic (exact) mass is 261 g/mol. The van der Waals surface area contributed by atoms with E-state index < -0.39 is 0 Å². The van der Waals surface area contributed by atoms with Crippen LogP contribution >= 0.6 is 23.4 Å². The predicted molar refractivity (Wildman–Crippen MR) is 69.8 cm³/mol. The van der Waals surface area contributed by atoms with Crippen molar-refractivity contribution in [3.05, 3.63) is 22.7 Å². The molecule has 1 aromatic rings. The van der Waals surface area contributed by atoms with E-state index >= 15 is 0 Å². The fourth-order valence-corrected chi connectivity index (χ4v) is 1.90. The zero-order valence-corrected chi connectivity index (χ0v) is 11.0. The van der Waals surface area contributed by atoms with Gasteiger partial charge in [-0.25, -0.2) is 0 Å². The van der Waals surface area contributed by atoms with Gasteiger partial charge in [0, 0.05) is 35.5 Å². The SMILES string of the molecule is COc1cc(Cl)cc(CNCCSC)c1O. The first-order chi connectivity index (χ1) is 7.69. The fraction of sp³-hybridized carbons (Fsp3) is 0.455. The molecule has 0 aliphatic heterocycles. The highest BCUT2D eigenvalue weighted by molar-refractivity contribution is 7.98. The number of halogens is 1. The van der Waals surface area contributed by atoms with Gasteiger partial charge in [0.05, 0.1) is 7.11 Å². The number of aromatic hydroxyl groups is 1. The number of methoxy groups -OCH3 is 1. The highest BCUT2D eigenvalue weighted by Crippen LogP contribution is 2.33. The van der Waals surface area contributed by atoms with Gasteiger partial charge < -0.3 is 15.2 Å². The van der Waals surface area contributed by atoms with E-state index in [9.17, 15) is 5.11 Å². The summed E-state index contributed by atoms with van der Waals surface area (Å²) in [5, 5.41) is 13.6. The number of benzene rings is 1. The van der Waals surface area contributed by atoms with Crippen molar-refractivity contribution in [1.29, 1.82) is 0 Å². The van der Waals surface area contributed by atoms with E-state index in [2.05, 4.69) is 11.6 Å². The number of phenolic OH excluding ortho intramolecular Hbond substituents is 1. The first kappa shape index (κ1) is 13.5. The smallest absolute Gasteiger partial charge is 0.162 e. The minimum absolute atomic E-state index is 0.156. The van der Waals surface area contributed by atoms with Gasteiger partial charge in [-0.05, 0) is 12.3 Å². The molecular weight excluding hydrogens is 246 g/mol. The van der Waals surface area contributed by atoms with Crippen LogP contribution in [0.4, 0.5) is 0 Å². The molecule has 0 aromatic heterocycles. The minimum atomic E-state index is 0.156. The Bertz CT molecular complexity index is 347. The van der Waals surface area contributed by atoms with Crippen LogP contribution in [0.2, 0.25) is 5.02 Å². The maximum atomic E-state index is 9.84. The summed E-state index contributed by atoms with van der Waals surface area (Å²) in [7, 11) is 1.51. The summed E-state index contributed by atoms with van der Waals surface area (Å²) >= 11 is 7.69. The highest BCUT2D eigenvalue weighted by Gasteiger charge is 2.09. The van der Waals surface area contributed by atoms with E-state index in [1.165, 1.54) is 7.11 Å². The molecule has 0 radical (unpaired) electrons. The molecule has 2 N–H and O–H groups in total. The molecule has 16 heavy (non-hydrogen) atoms. The van der Waals surface area contributed by atoms with Crippen LogP contribution in [0.25, 0.3) is 0 Å². The van der Waals surface area contributed by atoms with Gasteiger partial charge in [-0.3, -0.25) is 0 Å². The molecule has 0 heterocycles. The Morgan fingerprint density at radius 3 is 2.88 bits per heavy atom. The number of phenols is 1. The summed E-state index contributed by atoms with van der Waals surface area (Å²) in [5.74, 6) is 1.61. The van der Waals surface area contributed by atoms with Crippen LogP contribution in [0.5, 0.6) is 11.5 Å². The summed E-state index contributed by atoms with van der Waals surface area (Å²) < 4.78 is 5.03. The van der Waals surface area contributed by atoms with Gasteiger partial charge in [-0.15, -0.1) is 0 Å². The molecule has 0 spiro atoms. The Morgan fingerprint density at radius 2 is 2.25 bits per heavy atom. The summed E-state index contributed by atoms with van der Waals surface area (Å²) in [6.45, 7) is 1.48. The molecule has 0 fully saturated rings. The maximum Gasteiger partial charge on any atom is 0.162 e. The number of hydrogen-bond donors (Lipinski definition) is 2. The Labute approximate surface area is 105 Å². The lowest BCUT2D eigenvalue weighted by atomic mass is 10.2. The molecule has 0 unspecified atom stereocenters. The summed E-state index contributed by atoms with van der Waals surface area (Å²) in [4.78, 5) is 0. The second-order valence-electron chi connectivity index (χ2n) is 3.29. The van der Waals surface area contributed by atoms with Gasteiger partial charge in [-0.1, -0.05) is 11.6 Å². The van der Waals surface area contributed by atoms with Crippen molar-refractivity contribution >= 4 is 23.4 Å². The van der Waals surface area contributed by atoms with Crippen LogP contribution in [-0.4, -0.2) is 30.8 Å². The molecule has 0 amide bonds. The quantitative estimate of drug-likeness (QED) is 0.772. The molecule has 90 valence electrons. The summed E-state index contributed by atoms with van der Waals surface area (Å²) in [6.07, 6.45) is 2.06. The maximum absolute atomic E-state index is 9.84. The van der Waals surface area contributed by atoms with Crippen LogP contribution in [-0.2, 0) is 6.54 Å². The number of thioether (sulfide) groups is 1. The van der Waals surface area contributed by atoms with Crippen molar-refractivity contribution < 1.29 is 9.84 Å². The van der Waals surface area contributed by atoms with Crippen LogP contribution in [0.15, 0.2) is 12.1 Å². The summed E-state index contributed by atoms with van der Waals surface area (Å²) in [6, 6.07) is 3.34. The molecule has 0 aliphatic carbocycles. The molecule has 0 aliphatic rings. The van der Waals surface area contributed by atoms with Crippen molar-refractivity contribution in [1.82, 2.24) is 5.32 Å². The lowest BCUT2D eigenvalue weighted by Gasteiger charge is -2.10. The summed E-state index contributed by atoms with van der Waals surface area (Å²) in [5.41, 5.74) is 0.755. The normalized spacial score (nSPS) is 10.4. The van der Waals surface area contributed by atoms with E-state index in [0.29, 0.717) is 17.3 Å². The highest BCUT2D eigenvalue weighted by atomic mass is 35.5. The standard InChI is InChI=1S/C11H16ClNO2S/c1-15-10-6-9(12)5-8(11(10)14)7-13-3-4-16-2/h5-6,13-14H,3-4,7H2,1-2H3. The van der Waals surface area contributed by atoms with Crippen molar-refractivity contribution in [2.24, 2.45) is 0 Å². The van der Waals surface area contributed by atoms with Crippen LogP contribution in [0, 0.1) is 0 Å².